The lowest BCUT2D eigenvalue weighted by atomic mass is 9.82. The molecule has 0 spiro atoms. The minimum Gasteiger partial charge on any atom is -0.465 e. The van der Waals surface area contributed by atoms with Gasteiger partial charge >= 0.3 is 11.9 Å². The molecule has 0 fully saturated rings. The fourth-order valence-corrected chi connectivity index (χ4v) is 2.64. The fraction of sp³-hybridized carbons (Fsp3) is 0.882. The van der Waals surface area contributed by atoms with Crippen molar-refractivity contribution < 1.29 is 19.1 Å². The van der Waals surface area contributed by atoms with E-state index in [-0.39, 0.29) is 0 Å². The molecular formula is C17H30Cl2O4. The topological polar surface area (TPSA) is 52.6 Å². The van der Waals surface area contributed by atoms with Crippen molar-refractivity contribution in [3.63, 3.8) is 0 Å². The third-order valence-electron chi connectivity index (χ3n) is 4.01. The van der Waals surface area contributed by atoms with Crippen LogP contribution in [0.3, 0.4) is 0 Å². The lowest BCUT2D eigenvalue weighted by Gasteiger charge is -2.27. The Morgan fingerprint density at radius 1 is 0.739 bits per heavy atom. The monoisotopic (exact) mass is 368 g/mol. The van der Waals surface area contributed by atoms with Crippen molar-refractivity contribution in [3.05, 3.63) is 0 Å². The quantitative estimate of drug-likeness (QED) is 0.193. The van der Waals surface area contributed by atoms with E-state index in [0.717, 1.165) is 38.5 Å². The van der Waals surface area contributed by atoms with Gasteiger partial charge in [0.05, 0.1) is 13.2 Å². The highest BCUT2D eigenvalue weighted by Crippen LogP contribution is 2.30. The van der Waals surface area contributed by atoms with Crippen molar-refractivity contribution in [3.8, 4) is 0 Å². The number of hydrogen-bond acceptors (Lipinski definition) is 4. The molecule has 0 atom stereocenters. The maximum Gasteiger partial charge on any atom is 0.323 e. The molecule has 0 aliphatic carbocycles. The lowest BCUT2D eigenvalue weighted by Crippen LogP contribution is -2.41. The molecule has 0 aromatic carbocycles. The fourth-order valence-electron chi connectivity index (χ4n) is 2.26. The van der Waals surface area contributed by atoms with E-state index in [1.807, 2.05) is 13.8 Å². The number of ether oxygens (including phenoxy) is 2. The van der Waals surface area contributed by atoms with Gasteiger partial charge in [0.1, 0.15) is 0 Å². The molecule has 0 aliphatic rings. The number of carbonyl (C=O) groups is 2. The minimum absolute atomic E-state index is 0.320. The molecule has 0 amide bonds. The average Bonchev–Trinajstić information content (AvgIpc) is 2.56. The highest BCUT2D eigenvalue weighted by molar-refractivity contribution is 6.18. The van der Waals surface area contributed by atoms with E-state index in [9.17, 15) is 9.59 Å². The molecule has 0 unspecified atom stereocenters. The Balaban J connectivity index is 4.39. The van der Waals surface area contributed by atoms with Gasteiger partial charge in [-0.05, 0) is 51.4 Å². The first-order valence-corrected chi connectivity index (χ1v) is 9.62. The summed E-state index contributed by atoms with van der Waals surface area (Å²) in [4.78, 5) is 24.7. The Labute approximate surface area is 150 Å². The third-order valence-corrected chi connectivity index (χ3v) is 4.55. The number of hydrogen-bond donors (Lipinski definition) is 0. The predicted octanol–water partition coefficient (Wildman–Crippen LogP) is 4.70. The van der Waals surface area contributed by atoms with Gasteiger partial charge in [0, 0.05) is 11.8 Å². The van der Waals surface area contributed by atoms with Gasteiger partial charge in [0.2, 0.25) is 0 Å². The van der Waals surface area contributed by atoms with Gasteiger partial charge in [0.25, 0.3) is 0 Å². The van der Waals surface area contributed by atoms with Crippen LogP contribution in [0.2, 0.25) is 0 Å². The Hall–Kier alpha value is -0.480. The summed E-state index contributed by atoms with van der Waals surface area (Å²) < 4.78 is 10.6. The molecule has 0 rings (SSSR count). The first kappa shape index (κ1) is 22.5. The number of rotatable bonds is 14. The number of alkyl halides is 2. The van der Waals surface area contributed by atoms with Crippen LogP contribution in [0.4, 0.5) is 0 Å². The van der Waals surface area contributed by atoms with Crippen LogP contribution in [-0.2, 0) is 19.1 Å². The van der Waals surface area contributed by atoms with Crippen molar-refractivity contribution in [2.45, 2.75) is 65.2 Å². The number of esters is 2. The molecule has 0 aliphatic heterocycles. The summed E-state index contributed by atoms with van der Waals surface area (Å²) in [7, 11) is 0. The Morgan fingerprint density at radius 2 is 1.13 bits per heavy atom. The zero-order valence-corrected chi connectivity index (χ0v) is 15.9. The van der Waals surface area contributed by atoms with Crippen molar-refractivity contribution in [1.29, 1.82) is 0 Å². The first-order valence-electron chi connectivity index (χ1n) is 8.55. The molecule has 136 valence electrons. The van der Waals surface area contributed by atoms with Gasteiger partial charge in [0.15, 0.2) is 5.41 Å². The van der Waals surface area contributed by atoms with Gasteiger partial charge < -0.3 is 9.47 Å². The smallest absolute Gasteiger partial charge is 0.323 e. The molecule has 0 heterocycles. The average molecular weight is 369 g/mol. The number of carbonyl (C=O) groups excluding carboxylic acids is 2. The normalized spacial score (nSPS) is 11.3. The Kier molecular flexibility index (Phi) is 13.6. The second kappa shape index (κ2) is 13.9. The second-order valence-electron chi connectivity index (χ2n) is 5.56. The maximum atomic E-state index is 12.4. The molecular weight excluding hydrogens is 339 g/mol. The van der Waals surface area contributed by atoms with Crippen LogP contribution in [0.25, 0.3) is 0 Å². The van der Waals surface area contributed by atoms with Crippen molar-refractivity contribution in [2.75, 3.05) is 25.0 Å². The van der Waals surface area contributed by atoms with Gasteiger partial charge in [-0.1, -0.05) is 13.8 Å². The minimum atomic E-state index is -1.18. The molecule has 23 heavy (non-hydrogen) atoms. The highest BCUT2D eigenvalue weighted by atomic mass is 35.5. The summed E-state index contributed by atoms with van der Waals surface area (Å²) in [5.74, 6) is 0.272. The molecule has 0 radical (unpaired) electrons. The van der Waals surface area contributed by atoms with Crippen LogP contribution >= 0.6 is 23.2 Å². The van der Waals surface area contributed by atoms with E-state index in [1.165, 1.54) is 0 Å². The van der Waals surface area contributed by atoms with Crippen LogP contribution in [0.15, 0.2) is 0 Å². The molecule has 0 N–H and O–H groups in total. The molecule has 0 saturated heterocycles. The SMILES string of the molecule is CCC(CC)(C(=O)OCCCCCCl)C(=O)OCCCCCCl. The summed E-state index contributed by atoms with van der Waals surface area (Å²) in [5, 5.41) is 0. The van der Waals surface area contributed by atoms with Crippen molar-refractivity contribution in [2.24, 2.45) is 5.41 Å². The van der Waals surface area contributed by atoms with E-state index < -0.39 is 17.4 Å². The van der Waals surface area contributed by atoms with Crippen LogP contribution < -0.4 is 0 Å². The van der Waals surface area contributed by atoms with Crippen molar-refractivity contribution >= 4 is 35.1 Å². The summed E-state index contributed by atoms with van der Waals surface area (Å²) in [5.41, 5.74) is -1.18. The van der Waals surface area contributed by atoms with E-state index in [1.54, 1.807) is 0 Å². The number of halogens is 2. The van der Waals surface area contributed by atoms with Crippen LogP contribution in [0.5, 0.6) is 0 Å². The lowest BCUT2D eigenvalue weighted by molar-refractivity contribution is -0.173. The van der Waals surface area contributed by atoms with E-state index >= 15 is 0 Å². The number of unbranched alkanes of at least 4 members (excludes halogenated alkanes) is 4. The van der Waals surface area contributed by atoms with Crippen LogP contribution in [-0.4, -0.2) is 36.9 Å². The van der Waals surface area contributed by atoms with E-state index in [0.29, 0.717) is 37.8 Å². The largest absolute Gasteiger partial charge is 0.465 e. The molecule has 0 aromatic heterocycles. The first-order chi connectivity index (χ1) is 11.1. The van der Waals surface area contributed by atoms with Crippen LogP contribution in [0.1, 0.15) is 65.2 Å². The van der Waals surface area contributed by atoms with E-state index in [2.05, 4.69) is 0 Å². The van der Waals surface area contributed by atoms with Gasteiger partial charge in [-0.2, -0.15) is 0 Å². The summed E-state index contributed by atoms with van der Waals surface area (Å²) in [6.45, 7) is 4.26. The summed E-state index contributed by atoms with van der Waals surface area (Å²) in [6, 6.07) is 0. The molecule has 6 heteroatoms. The van der Waals surface area contributed by atoms with Gasteiger partial charge in [-0.15, -0.1) is 23.2 Å². The third kappa shape index (κ3) is 8.25. The van der Waals surface area contributed by atoms with Gasteiger partial charge in [-0.3, -0.25) is 9.59 Å². The van der Waals surface area contributed by atoms with Crippen molar-refractivity contribution in [1.82, 2.24) is 0 Å². The Morgan fingerprint density at radius 3 is 1.43 bits per heavy atom. The summed E-state index contributed by atoms with van der Waals surface area (Å²) >= 11 is 11.2. The van der Waals surface area contributed by atoms with E-state index in [4.69, 9.17) is 32.7 Å². The second-order valence-corrected chi connectivity index (χ2v) is 6.32. The summed E-state index contributed by atoms with van der Waals surface area (Å²) in [6.07, 6.45) is 5.90. The van der Waals surface area contributed by atoms with Gasteiger partial charge in [-0.25, -0.2) is 0 Å². The predicted molar refractivity (Wildman–Crippen MR) is 94.1 cm³/mol. The Bertz CT molecular complexity index is 303. The standard InChI is InChI=1S/C17H30Cl2O4/c1-3-17(4-2,15(20)22-13-9-5-7-11-18)16(21)23-14-10-6-8-12-19/h3-14H2,1-2H3. The van der Waals surface area contributed by atoms with Crippen LogP contribution in [0, 0.1) is 5.41 Å². The molecule has 0 aromatic rings. The molecule has 0 bridgehead atoms. The highest BCUT2D eigenvalue weighted by Gasteiger charge is 2.45. The maximum absolute atomic E-state index is 12.4. The zero-order chi connectivity index (χ0) is 17.6. The molecule has 0 saturated carbocycles. The molecule has 4 nitrogen and oxygen atoms in total. The zero-order valence-electron chi connectivity index (χ0n) is 14.4.